The zero-order chi connectivity index (χ0) is 12.7. The van der Waals surface area contributed by atoms with Gasteiger partial charge in [0, 0.05) is 13.1 Å². The van der Waals surface area contributed by atoms with E-state index >= 15 is 0 Å². The van der Waals surface area contributed by atoms with Gasteiger partial charge < -0.3 is 5.73 Å². The summed E-state index contributed by atoms with van der Waals surface area (Å²) in [6, 6.07) is 8.95. The Morgan fingerprint density at radius 1 is 1.12 bits per heavy atom. The van der Waals surface area contributed by atoms with E-state index < -0.39 is 0 Å². The maximum Gasteiger partial charge on any atom is 0.0233 e. The van der Waals surface area contributed by atoms with Crippen molar-refractivity contribution < 1.29 is 0 Å². The lowest BCUT2D eigenvalue weighted by atomic mass is 10.1. The number of hydrogen-bond acceptors (Lipinski definition) is 2. The maximum absolute atomic E-state index is 5.68. The molecule has 0 spiro atoms. The molecule has 0 radical (unpaired) electrons. The number of nitrogens with two attached hydrogens (primary N) is 1. The average molecular weight is 234 g/mol. The lowest BCUT2D eigenvalue weighted by Gasteiger charge is -2.23. The van der Waals surface area contributed by atoms with E-state index in [1.807, 2.05) is 0 Å². The molecular formula is C15H26N2. The fourth-order valence-electron chi connectivity index (χ4n) is 1.96. The maximum atomic E-state index is 5.68. The molecule has 0 heterocycles. The third kappa shape index (κ3) is 4.88. The lowest BCUT2D eigenvalue weighted by Crippen LogP contribution is -2.31. The summed E-state index contributed by atoms with van der Waals surface area (Å²) in [4.78, 5) is 2.46. The molecule has 0 aliphatic carbocycles. The normalized spacial score (nSPS) is 13.0. The Morgan fingerprint density at radius 3 is 2.18 bits per heavy atom. The summed E-state index contributed by atoms with van der Waals surface area (Å²) in [5.74, 6) is 0.574. The summed E-state index contributed by atoms with van der Waals surface area (Å²) < 4.78 is 0. The molecule has 2 heteroatoms. The molecule has 1 atom stereocenters. The van der Waals surface area contributed by atoms with Crippen LogP contribution in [-0.4, -0.2) is 24.5 Å². The van der Waals surface area contributed by atoms with Crippen LogP contribution >= 0.6 is 0 Å². The van der Waals surface area contributed by atoms with Crippen LogP contribution in [-0.2, 0) is 13.0 Å². The Hall–Kier alpha value is -0.860. The second-order valence-corrected chi connectivity index (χ2v) is 4.84. The van der Waals surface area contributed by atoms with Crippen LogP contribution in [0.3, 0.4) is 0 Å². The predicted molar refractivity (Wildman–Crippen MR) is 75.0 cm³/mol. The molecule has 0 saturated heterocycles. The Balaban J connectivity index is 2.54. The monoisotopic (exact) mass is 234 g/mol. The van der Waals surface area contributed by atoms with E-state index in [9.17, 15) is 0 Å². The molecule has 0 aliphatic rings. The first-order valence-electron chi connectivity index (χ1n) is 6.69. The van der Waals surface area contributed by atoms with Crippen LogP contribution in [0.4, 0.5) is 0 Å². The summed E-state index contributed by atoms with van der Waals surface area (Å²) in [7, 11) is 0. The van der Waals surface area contributed by atoms with Crippen LogP contribution < -0.4 is 5.73 Å². The highest BCUT2D eigenvalue weighted by Crippen LogP contribution is 2.09. The summed E-state index contributed by atoms with van der Waals surface area (Å²) in [6.07, 6.45) is 1.11. The Bertz CT molecular complexity index is 305. The van der Waals surface area contributed by atoms with Crippen molar-refractivity contribution in [1.82, 2.24) is 4.90 Å². The first-order valence-corrected chi connectivity index (χ1v) is 6.69. The summed E-state index contributed by atoms with van der Waals surface area (Å²) in [5.41, 5.74) is 8.49. The molecule has 0 amide bonds. The molecule has 0 bridgehead atoms. The standard InChI is InChI=1S/C15H26N2/c1-4-14-6-8-15(9-7-14)12-17(5-2)11-13(3)10-16/h6-9,13H,4-5,10-12,16H2,1-3H3. The number of rotatable bonds is 7. The van der Waals surface area contributed by atoms with Gasteiger partial charge in [-0.2, -0.15) is 0 Å². The van der Waals surface area contributed by atoms with E-state index in [1.165, 1.54) is 11.1 Å². The molecule has 2 N–H and O–H groups in total. The van der Waals surface area contributed by atoms with E-state index in [2.05, 4.69) is 49.9 Å². The van der Waals surface area contributed by atoms with Crippen LogP contribution in [0.15, 0.2) is 24.3 Å². The van der Waals surface area contributed by atoms with Gasteiger partial charge in [0.25, 0.3) is 0 Å². The second-order valence-electron chi connectivity index (χ2n) is 4.84. The van der Waals surface area contributed by atoms with Crippen LogP contribution in [0.5, 0.6) is 0 Å². The Morgan fingerprint density at radius 2 is 1.71 bits per heavy atom. The van der Waals surface area contributed by atoms with Crippen molar-refractivity contribution in [3.63, 3.8) is 0 Å². The van der Waals surface area contributed by atoms with Crippen molar-refractivity contribution in [3.05, 3.63) is 35.4 Å². The molecule has 2 nitrogen and oxygen atoms in total. The van der Waals surface area contributed by atoms with Gasteiger partial charge in [0.2, 0.25) is 0 Å². The molecule has 0 aliphatic heterocycles. The first-order chi connectivity index (χ1) is 8.19. The third-order valence-electron chi connectivity index (χ3n) is 3.26. The SMILES string of the molecule is CCc1ccc(CN(CC)CC(C)CN)cc1. The third-order valence-corrected chi connectivity index (χ3v) is 3.26. The lowest BCUT2D eigenvalue weighted by molar-refractivity contribution is 0.243. The fraction of sp³-hybridized carbons (Fsp3) is 0.600. The molecule has 17 heavy (non-hydrogen) atoms. The highest BCUT2D eigenvalue weighted by atomic mass is 15.1. The average Bonchev–Trinajstić information content (AvgIpc) is 2.38. The van der Waals surface area contributed by atoms with Gasteiger partial charge >= 0.3 is 0 Å². The van der Waals surface area contributed by atoms with Crippen molar-refractivity contribution >= 4 is 0 Å². The topological polar surface area (TPSA) is 29.3 Å². The van der Waals surface area contributed by atoms with Crippen molar-refractivity contribution in [2.24, 2.45) is 11.7 Å². The smallest absolute Gasteiger partial charge is 0.0233 e. The van der Waals surface area contributed by atoms with Gasteiger partial charge in [0.15, 0.2) is 0 Å². The molecule has 1 aromatic carbocycles. The predicted octanol–water partition coefficient (Wildman–Crippen LogP) is 2.67. The molecule has 1 rings (SSSR count). The Kier molecular flexibility index (Phi) is 6.23. The summed E-state index contributed by atoms with van der Waals surface area (Å²) in [5, 5.41) is 0. The molecular weight excluding hydrogens is 208 g/mol. The van der Waals surface area contributed by atoms with Gasteiger partial charge in [-0.15, -0.1) is 0 Å². The molecule has 96 valence electrons. The highest BCUT2D eigenvalue weighted by molar-refractivity contribution is 5.22. The van der Waals surface area contributed by atoms with Crippen molar-refractivity contribution in [1.29, 1.82) is 0 Å². The largest absolute Gasteiger partial charge is 0.330 e. The molecule has 0 aromatic heterocycles. The van der Waals surface area contributed by atoms with Crippen molar-refractivity contribution in [2.45, 2.75) is 33.7 Å². The minimum absolute atomic E-state index is 0.574. The van der Waals surface area contributed by atoms with E-state index in [4.69, 9.17) is 5.73 Å². The fourth-order valence-corrected chi connectivity index (χ4v) is 1.96. The summed E-state index contributed by atoms with van der Waals surface area (Å²) >= 11 is 0. The number of nitrogens with zero attached hydrogens (tertiary/aromatic N) is 1. The van der Waals surface area contributed by atoms with E-state index in [-0.39, 0.29) is 0 Å². The van der Waals surface area contributed by atoms with Crippen molar-refractivity contribution in [3.8, 4) is 0 Å². The van der Waals surface area contributed by atoms with Gasteiger partial charge in [-0.3, -0.25) is 4.90 Å². The van der Waals surface area contributed by atoms with Gasteiger partial charge in [0.05, 0.1) is 0 Å². The number of aryl methyl sites for hydroxylation is 1. The minimum Gasteiger partial charge on any atom is -0.330 e. The van der Waals surface area contributed by atoms with Crippen LogP contribution in [0.25, 0.3) is 0 Å². The van der Waals surface area contributed by atoms with E-state index in [1.54, 1.807) is 0 Å². The van der Waals surface area contributed by atoms with Crippen molar-refractivity contribution in [2.75, 3.05) is 19.6 Å². The zero-order valence-corrected chi connectivity index (χ0v) is 11.4. The molecule has 0 fully saturated rings. The van der Waals surface area contributed by atoms with E-state index in [0.29, 0.717) is 5.92 Å². The van der Waals surface area contributed by atoms with Crippen LogP contribution in [0.2, 0.25) is 0 Å². The quantitative estimate of drug-likeness (QED) is 0.786. The molecule has 0 saturated carbocycles. The van der Waals surface area contributed by atoms with Gasteiger partial charge in [-0.25, -0.2) is 0 Å². The molecule has 1 aromatic rings. The Labute approximate surface area is 106 Å². The first kappa shape index (κ1) is 14.2. The highest BCUT2D eigenvalue weighted by Gasteiger charge is 2.07. The van der Waals surface area contributed by atoms with Crippen LogP contribution in [0.1, 0.15) is 31.9 Å². The number of benzene rings is 1. The van der Waals surface area contributed by atoms with Gasteiger partial charge in [0.1, 0.15) is 0 Å². The van der Waals surface area contributed by atoms with Gasteiger partial charge in [-0.1, -0.05) is 45.0 Å². The summed E-state index contributed by atoms with van der Waals surface area (Å²) in [6.45, 7) is 10.6. The second kappa shape index (κ2) is 7.46. The molecule has 1 unspecified atom stereocenters. The minimum atomic E-state index is 0.574. The van der Waals surface area contributed by atoms with E-state index in [0.717, 1.165) is 32.6 Å². The van der Waals surface area contributed by atoms with Gasteiger partial charge in [-0.05, 0) is 36.6 Å². The zero-order valence-electron chi connectivity index (χ0n) is 11.4. The van der Waals surface area contributed by atoms with Crippen LogP contribution in [0, 0.1) is 5.92 Å². The number of hydrogen-bond donors (Lipinski definition) is 1.